The maximum absolute atomic E-state index is 12.3. The summed E-state index contributed by atoms with van der Waals surface area (Å²) in [6, 6.07) is 23.1. The molecule has 1 aliphatic rings. The van der Waals surface area contributed by atoms with E-state index in [-0.39, 0.29) is 11.9 Å². The minimum atomic E-state index is -0.140. The number of aromatic nitrogens is 4. The van der Waals surface area contributed by atoms with E-state index in [0.29, 0.717) is 18.1 Å². The van der Waals surface area contributed by atoms with Gasteiger partial charge in [-0.3, -0.25) is 4.79 Å². The topological polar surface area (TPSA) is 72.7 Å². The van der Waals surface area contributed by atoms with E-state index in [1.807, 2.05) is 72.8 Å². The van der Waals surface area contributed by atoms with Crippen LogP contribution in [-0.2, 0) is 6.42 Å². The van der Waals surface area contributed by atoms with Crippen LogP contribution < -0.4 is 5.32 Å². The molecule has 1 N–H and O–H groups in total. The predicted octanol–water partition coefficient (Wildman–Crippen LogP) is 3.36. The molecule has 2 aromatic carbocycles. The van der Waals surface area contributed by atoms with Crippen molar-refractivity contribution >= 4 is 5.91 Å². The molecular formula is C22H17N5O. The quantitative estimate of drug-likeness (QED) is 0.600. The Morgan fingerprint density at radius 1 is 0.929 bits per heavy atom. The van der Waals surface area contributed by atoms with Gasteiger partial charge in [0.15, 0.2) is 11.6 Å². The Balaban J connectivity index is 1.57. The second-order valence-corrected chi connectivity index (χ2v) is 6.63. The molecule has 6 heteroatoms. The number of amides is 1. The van der Waals surface area contributed by atoms with Crippen molar-refractivity contribution in [3.8, 4) is 17.2 Å². The molecule has 1 atom stereocenters. The molecule has 0 saturated heterocycles. The minimum absolute atomic E-state index is 0.0483. The average molecular weight is 367 g/mol. The van der Waals surface area contributed by atoms with Gasteiger partial charge < -0.3 is 5.32 Å². The lowest BCUT2D eigenvalue weighted by Gasteiger charge is -2.11. The van der Waals surface area contributed by atoms with Crippen molar-refractivity contribution < 1.29 is 4.79 Å². The Morgan fingerprint density at radius 2 is 1.71 bits per heavy atom. The Bertz CT molecular complexity index is 1140. The van der Waals surface area contributed by atoms with Gasteiger partial charge in [-0.05, 0) is 23.8 Å². The summed E-state index contributed by atoms with van der Waals surface area (Å²) in [7, 11) is 0. The highest BCUT2D eigenvalue weighted by atomic mass is 16.2. The van der Waals surface area contributed by atoms with Gasteiger partial charge in [-0.15, -0.1) is 5.10 Å². The van der Waals surface area contributed by atoms with Crippen LogP contribution in [0, 0.1) is 0 Å². The van der Waals surface area contributed by atoms with Crippen molar-refractivity contribution in [2.75, 3.05) is 0 Å². The van der Waals surface area contributed by atoms with Gasteiger partial charge in [0, 0.05) is 23.7 Å². The summed E-state index contributed by atoms with van der Waals surface area (Å²) in [6.07, 6.45) is 2.26. The SMILES string of the molecule is O=C1NC(Cc2nc(-c3ccccc3)nn2-c2ccccn2)c2ccccc21. The van der Waals surface area contributed by atoms with Gasteiger partial charge >= 0.3 is 0 Å². The van der Waals surface area contributed by atoms with Crippen molar-refractivity contribution in [2.45, 2.75) is 12.5 Å². The number of hydrogen-bond donors (Lipinski definition) is 1. The molecule has 0 saturated carbocycles. The first kappa shape index (κ1) is 16.4. The highest BCUT2D eigenvalue weighted by Gasteiger charge is 2.30. The van der Waals surface area contributed by atoms with Crippen molar-refractivity contribution in [3.05, 3.63) is 95.9 Å². The van der Waals surface area contributed by atoms with Gasteiger partial charge in [0.25, 0.3) is 5.91 Å². The molecule has 6 nitrogen and oxygen atoms in total. The molecule has 5 rings (SSSR count). The maximum Gasteiger partial charge on any atom is 0.252 e. The molecule has 0 bridgehead atoms. The Labute approximate surface area is 161 Å². The third-order valence-corrected chi connectivity index (χ3v) is 4.85. The molecular weight excluding hydrogens is 350 g/mol. The zero-order valence-electron chi connectivity index (χ0n) is 15.0. The third kappa shape index (κ3) is 2.85. The van der Waals surface area contributed by atoms with E-state index in [4.69, 9.17) is 10.1 Å². The molecule has 0 spiro atoms. The van der Waals surface area contributed by atoms with Gasteiger partial charge in [-0.1, -0.05) is 54.6 Å². The van der Waals surface area contributed by atoms with Gasteiger partial charge in [0.05, 0.1) is 6.04 Å². The fraction of sp³-hybridized carbons (Fsp3) is 0.0909. The number of pyridine rings is 1. The smallest absolute Gasteiger partial charge is 0.252 e. The molecule has 136 valence electrons. The number of benzene rings is 2. The fourth-order valence-electron chi connectivity index (χ4n) is 3.51. The highest BCUT2D eigenvalue weighted by Crippen LogP contribution is 2.28. The minimum Gasteiger partial charge on any atom is -0.345 e. The summed E-state index contributed by atoms with van der Waals surface area (Å²) in [5.41, 5.74) is 2.65. The second-order valence-electron chi connectivity index (χ2n) is 6.63. The van der Waals surface area contributed by atoms with E-state index in [1.165, 1.54) is 0 Å². The lowest BCUT2D eigenvalue weighted by molar-refractivity contribution is 0.0956. The first-order valence-electron chi connectivity index (χ1n) is 9.12. The Morgan fingerprint density at radius 3 is 2.54 bits per heavy atom. The van der Waals surface area contributed by atoms with E-state index in [2.05, 4.69) is 10.3 Å². The number of nitrogens with zero attached hydrogens (tertiary/aromatic N) is 4. The Kier molecular flexibility index (Phi) is 3.94. The third-order valence-electron chi connectivity index (χ3n) is 4.85. The maximum atomic E-state index is 12.3. The van der Waals surface area contributed by atoms with Crippen LogP contribution in [0.4, 0.5) is 0 Å². The second kappa shape index (κ2) is 6.74. The number of fused-ring (bicyclic) bond motifs is 1. The zero-order valence-corrected chi connectivity index (χ0v) is 15.0. The summed E-state index contributed by atoms with van der Waals surface area (Å²) in [6.45, 7) is 0. The number of carbonyl (C=O) groups excluding carboxylic acids is 1. The van der Waals surface area contributed by atoms with Crippen molar-refractivity contribution in [3.63, 3.8) is 0 Å². The summed E-state index contributed by atoms with van der Waals surface area (Å²) < 4.78 is 1.76. The van der Waals surface area contributed by atoms with E-state index in [1.54, 1.807) is 10.9 Å². The molecule has 1 amide bonds. The first-order chi connectivity index (χ1) is 13.8. The zero-order chi connectivity index (χ0) is 18.9. The van der Waals surface area contributed by atoms with Crippen LogP contribution in [0.1, 0.15) is 27.8 Å². The molecule has 1 aliphatic heterocycles. The van der Waals surface area contributed by atoms with E-state index in [0.717, 1.165) is 22.5 Å². The average Bonchev–Trinajstić information content (AvgIpc) is 3.31. The lowest BCUT2D eigenvalue weighted by Crippen LogP contribution is -2.22. The van der Waals surface area contributed by atoms with E-state index < -0.39 is 0 Å². The molecule has 2 aromatic heterocycles. The molecule has 1 unspecified atom stereocenters. The molecule has 0 radical (unpaired) electrons. The van der Waals surface area contributed by atoms with E-state index >= 15 is 0 Å². The van der Waals surface area contributed by atoms with Crippen LogP contribution in [0.15, 0.2) is 79.0 Å². The largest absolute Gasteiger partial charge is 0.345 e. The molecule has 4 aromatic rings. The van der Waals surface area contributed by atoms with Crippen molar-refractivity contribution in [1.82, 2.24) is 25.1 Å². The first-order valence-corrected chi connectivity index (χ1v) is 9.12. The monoisotopic (exact) mass is 367 g/mol. The van der Waals surface area contributed by atoms with Gasteiger partial charge in [0.1, 0.15) is 5.82 Å². The number of nitrogens with one attached hydrogen (secondary N) is 1. The van der Waals surface area contributed by atoms with Gasteiger partial charge in [-0.2, -0.15) is 4.68 Å². The van der Waals surface area contributed by atoms with E-state index in [9.17, 15) is 4.79 Å². The van der Waals surface area contributed by atoms with Crippen LogP contribution >= 0.6 is 0 Å². The van der Waals surface area contributed by atoms with Crippen molar-refractivity contribution in [2.24, 2.45) is 0 Å². The van der Waals surface area contributed by atoms with Gasteiger partial charge in [-0.25, -0.2) is 9.97 Å². The molecule has 0 aliphatic carbocycles. The summed E-state index contributed by atoms with van der Waals surface area (Å²) in [5.74, 6) is 2.04. The summed E-state index contributed by atoms with van der Waals surface area (Å²) in [4.78, 5) is 21.5. The van der Waals surface area contributed by atoms with Gasteiger partial charge in [0.2, 0.25) is 0 Å². The fourth-order valence-corrected chi connectivity index (χ4v) is 3.51. The standard InChI is InChI=1S/C22H17N5O/c28-22-17-11-5-4-10-16(17)18(24-22)14-20-25-21(15-8-2-1-3-9-15)26-27(20)19-12-6-7-13-23-19/h1-13,18H,14H2,(H,24,28). The Hall–Kier alpha value is -3.80. The molecule has 28 heavy (non-hydrogen) atoms. The number of hydrogen-bond acceptors (Lipinski definition) is 4. The number of rotatable bonds is 4. The lowest BCUT2D eigenvalue weighted by atomic mass is 10.0. The summed E-state index contributed by atoms with van der Waals surface area (Å²) in [5, 5.41) is 7.75. The molecule has 0 fully saturated rings. The highest BCUT2D eigenvalue weighted by molar-refractivity contribution is 5.99. The number of carbonyl (C=O) groups is 1. The predicted molar refractivity (Wildman–Crippen MR) is 105 cm³/mol. The van der Waals surface area contributed by atoms with Crippen LogP contribution in [-0.4, -0.2) is 25.7 Å². The van der Waals surface area contributed by atoms with Crippen molar-refractivity contribution in [1.29, 1.82) is 0 Å². The van der Waals surface area contributed by atoms with Crippen LogP contribution in [0.5, 0.6) is 0 Å². The van der Waals surface area contributed by atoms with Crippen LogP contribution in [0.2, 0.25) is 0 Å². The van der Waals surface area contributed by atoms with Crippen LogP contribution in [0.3, 0.4) is 0 Å². The summed E-state index contributed by atoms with van der Waals surface area (Å²) >= 11 is 0. The van der Waals surface area contributed by atoms with Crippen LogP contribution in [0.25, 0.3) is 17.2 Å². The molecule has 3 heterocycles. The normalized spacial score (nSPS) is 15.3.